The molecule has 0 aromatic heterocycles. The average Bonchev–Trinajstić information content (AvgIpc) is 2.94. The molecule has 0 saturated carbocycles. The second-order valence-electron chi connectivity index (χ2n) is 8.72. The van der Waals surface area contributed by atoms with E-state index >= 15 is 0 Å². The van der Waals surface area contributed by atoms with E-state index in [4.69, 9.17) is 0 Å². The third kappa shape index (κ3) is 5.54. The molecule has 0 radical (unpaired) electrons. The smallest absolute Gasteiger partial charge is 0.163 e. The molecular weight excluding hydrogens is 400 g/mol. The van der Waals surface area contributed by atoms with Gasteiger partial charge >= 0.3 is 0 Å². The highest BCUT2D eigenvalue weighted by Gasteiger charge is 2.41. The molecule has 30 heavy (non-hydrogen) atoms. The van der Waals surface area contributed by atoms with Gasteiger partial charge in [0.05, 0.1) is 18.5 Å². The van der Waals surface area contributed by atoms with Crippen LogP contribution in [0.5, 0.6) is 5.75 Å². The molecule has 1 aromatic carbocycles. The van der Waals surface area contributed by atoms with Gasteiger partial charge in [-0.2, -0.15) is 0 Å². The molecule has 2 atom stereocenters. The normalized spacial score (nSPS) is 20.3. The Bertz CT molecular complexity index is 902. The van der Waals surface area contributed by atoms with Gasteiger partial charge in [-0.1, -0.05) is 38.8 Å². The van der Waals surface area contributed by atoms with Crippen LogP contribution in [0.2, 0.25) is 0 Å². The molecule has 0 amide bonds. The lowest BCUT2D eigenvalue weighted by Crippen LogP contribution is -2.29. The maximum atomic E-state index is 12.5. The Morgan fingerprint density at radius 1 is 1.20 bits per heavy atom. The van der Waals surface area contributed by atoms with Gasteiger partial charge in [-0.3, -0.25) is 0 Å². The summed E-state index contributed by atoms with van der Waals surface area (Å²) in [7, 11) is -3.46. The predicted molar refractivity (Wildman–Crippen MR) is 122 cm³/mol. The van der Waals surface area contributed by atoms with E-state index in [0.717, 1.165) is 35.1 Å². The van der Waals surface area contributed by atoms with Crippen molar-refractivity contribution in [2.75, 3.05) is 12.4 Å². The standard InChI is InChI=1S/C24H36O5S/c1-6-7-18(12-19-10-16(4)24(27)17(5)11-19)8-9-21(26)23-20(15(2)3)14-30(28,29)22(23)13-25/h10-12,15,21-22,25-27H,6-9,13-14H2,1-5H3/b18-12+/t21-,22+/m1/s1. The van der Waals surface area contributed by atoms with E-state index in [1.54, 1.807) is 0 Å². The van der Waals surface area contributed by atoms with E-state index in [-0.39, 0.29) is 11.7 Å². The van der Waals surface area contributed by atoms with Gasteiger partial charge in [0.25, 0.3) is 0 Å². The van der Waals surface area contributed by atoms with Crippen molar-refractivity contribution in [1.29, 1.82) is 0 Å². The van der Waals surface area contributed by atoms with Gasteiger partial charge in [0.1, 0.15) is 11.0 Å². The molecule has 0 aliphatic carbocycles. The molecule has 2 rings (SSSR count). The number of aryl methyl sites for hydroxylation is 2. The van der Waals surface area contributed by atoms with Crippen molar-refractivity contribution in [3.63, 3.8) is 0 Å². The summed E-state index contributed by atoms with van der Waals surface area (Å²) in [4.78, 5) is 0. The van der Waals surface area contributed by atoms with E-state index in [1.807, 2.05) is 39.8 Å². The van der Waals surface area contributed by atoms with Crippen LogP contribution in [0.3, 0.4) is 0 Å². The van der Waals surface area contributed by atoms with E-state index in [2.05, 4.69) is 13.0 Å². The Labute approximate surface area is 181 Å². The lowest BCUT2D eigenvalue weighted by Gasteiger charge is -2.20. The topological polar surface area (TPSA) is 94.8 Å². The molecule has 6 heteroatoms. The summed E-state index contributed by atoms with van der Waals surface area (Å²) < 4.78 is 24.9. The molecule has 0 spiro atoms. The Morgan fingerprint density at radius 3 is 2.30 bits per heavy atom. The Balaban J connectivity index is 2.26. The monoisotopic (exact) mass is 436 g/mol. The molecule has 0 saturated heterocycles. The van der Waals surface area contributed by atoms with Crippen LogP contribution in [0.25, 0.3) is 6.08 Å². The van der Waals surface area contributed by atoms with Crippen LogP contribution in [0.4, 0.5) is 0 Å². The lowest BCUT2D eigenvalue weighted by atomic mass is 9.90. The summed E-state index contributed by atoms with van der Waals surface area (Å²) >= 11 is 0. The largest absolute Gasteiger partial charge is 0.507 e. The number of hydrogen-bond donors (Lipinski definition) is 3. The number of phenolic OH excluding ortho intramolecular Hbond substituents is 1. The fourth-order valence-corrected chi connectivity index (χ4v) is 6.38. The Hall–Kier alpha value is -1.63. The van der Waals surface area contributed by atoms with Crippen LogP contribution in [0.15, 0.2) is 28.9 Å². The van der Waals surface area contributed by atoms with Crippen LogP contribution in [-0.4, -0.2) is 47.5 Å². The van der Waals surface area contributed by atoms with E-state index in [9.17, 15) is 23.7 Å². The summed E-state index contributed by atoms with van der Waals surface area (Å²) in [6.45, 7) is 9.21. The first kappa shape index (κ1) is 24.6. The fraction of sp³-hybridized carbons (Fsp3) is 0.583. The number of rotatable bonds is 9. The molecule has 168 valence electrons. The van der Waals surface area contributed by atoms with Gasteiger partial charge in [0.15, 0.2) is 9.84 Å². The maximum absolute atomic E-state index is 12.5. The quantitative estimate of drug-likeness (QED) is 0.507. The van der Waals surface area contributed by atoms with Crippen LogP contribution in [0, 0.1) is 19.8 Å². The van der Waals surface area contributed by atoms with Crippen molar-refractivity contribution in [2.45, 2.75) is 71.7 Å². The van der Waals surface area contributed by atoms with Crippen molar-refractivity contribution in [2.24, 2.45) is 5.92 Å². The number of phenols is 1. The van der Waals surface area contributed by atoms with Gasteiger partial charge in [-0.25, -0.2) is 8.42 Å². The molecule has 0 bridgehead atoms. The van der Waals surface area contributed by atoms with E-state index in [0.29, 0.717) is 24.2 Å². The molecule has 1 aliphatic heterocycles. The minimum atomic E-state index is -3.46. The zero-order chi connectivity index (χ0) is 22.6. The van der Waals surface area contributed by atoms with Crippen molar-refractivity contribution >= 4 is 15.9 Å². The van der Waals surface area contributed by atoms with Crippen molar-refractivity contribution in [3.05, 3.63) is 45.5 Å². The number of aliphatic hydroxyl groups excluding tert-OH is 2. The predicted octanol–water partition coefficient (Wildman–Crippen LogP) is 4.08. The highest BCUT2D eigenvalue weighted by atomic mass is 32.2. The summed E-state index contributed by atoms with van der Waals surface area (Å²) in [6, 6.07) is 3.89. The first-order chi connectivity index (χ1) is 14.0. The first-order valence-electron chi connectivity index (χ1n) is 10.7. The average molecular weight is 437 g/mol. The second kappa shape index (κ2) is 10.1. The minimum Gasteiger partial charge on any atom is -0.507 e. The molecular formula is C24H36O5S. The van der Waals surface area contributed by atoms with Gasteiger partial charge in [0, 0.05) is 0 Å². The number of aromatic hydroxyl groups is 1. The SMILES string of the molecule is CCC/C(=C\c1cc(C)c(O)c(C)c1)CC[C@@H](O)C1=C(C(C)C)CS(=O)(=O)[C@H]1CO. The maximum Gasteiger partial charge on any atom is 0.163 e. The molecule has 0 fully saturated rings. The second-order valence-corrected chi connectivity index (χ2v) is 10.9. The number of aliphatic hydroxyl groups is 2. The molecule has 1 aromatic rings. The molecule has 5 nitrogen and oxygen atoms in total. The van der Waals surface area contributed by atoms with Gasteiger partial charge in [-0.15, -0.1) is 0 Å². The zero-order valence-corrected chi connectivity index (χ0v) is 19.6. The number of hydrogen-bond acceptors (Lipinski definition) is 5. The highest BCUT2D eigenvalue weighted by Crippen LogP contribution is 2.35. The van der Waals surface area contributed by atoms with Crippen molar-refractivity contribution in [3.8, 4) is 5.75 Å². The zero-order valence-electron chi connectivity index (χ0n) is 18.8. The summed E-state index contributed by atoms with van der Waals surface area (Å²) in [5, 5.41) is 29.6. The molecule has 3 N–H and O–H groups in total. The third-order valence-corrected chi connectivity index (χ3v) is 7.91. The van der Waals surface area contributed by atoms with Crippen molar-refractivity contribution < 1.29 is 23.7 Å². The van der Waals surface area contributed by atoms with Gasteiger partial charge in [-0.05, 0) is 79.0 Å². The molecule has 1 aliphatic rings. The molecule has 1 heterocycles. The highest BCUT2D eigenvalue weighted by molar-refractivity contribution is 7.92. The van der Waals surface area contributed by atoms with Crippen LogP contribution in [-0.2, 0) is 9.84 Å². The van der Waals surface area contributed by atoms with Crippen LogP contribution in [0.1, 0.15) is 63.1 Å². The number of allylic oxidation sites excluding steroid dienone is 1. The summed E-state index contributed by atoms with van der Waals surface area (Å²) in [5.74, 6) is 0.242. The van der Waals surface area contributed by atoms with E-state index in [1.165, 1.54) is 5.57 Å². The van der Waals surface area contributed by atoms with Crippen molar-refractivity contribution in [1.82, 2.24) is 0 Å². The summed E-state index contributed by atoms with van der Waals surface area (Å²) in [6.07, 6.45) is 4.11. The number of sulfone groups is 1. The Morgan fingerprint density at radius 2 is 1.80 bits per heavy atom. The lowest BCUT2D eigenvalue weighted by molar-refractivity contribution is 0.187. The number of benzene rings is 1. The summed E-state index contributed by atoms with van der Waals surface area (Å²) in [5.41, 5.74) is 5.08. The minimum absolute atomic E-state index is 0.00887. The van der Waals surface area contributed by atoms with Gasteiger partial charge < -0.3 is 15.3 Å². The third-order valence-electron chi connectivity index (χ3n) is 5.92. The first-order valence-corrected chi connectivity index (χ1v) is 12.5. The molecule has 0 unspecified atom stereocenters. The van der Waals surface area contributed by atoms with Gasteiger partial charge in [0.2, 0.25) is 0 Å². The Kier molecular flexibility index (Phi) is 8.31. The van der Waals surface area contributed by atoms with E-state index < -0.39 is 27.8 Å². The van der Waals surface area contributed by atoms with Crippen LogP contribution >= 0.6 is 0 Å². The van der Waals surface area contributed by atoms with Crippen LogP contribution < -0.4 is 0 Å². The fourth-order valence-electron chi connectivity index (χ4n) is 4.32.